The molecule has 0 aromatic heterocycles. The molecule has 84 valence electrons. The molecule has 0 bridgehead atoms. The molecule has 1 aliphatic rings. The third kappa shape index (κ3) is 2.46. The van der Waals surface area contributed by atoms with Crippen molar-refractivity contribution in [3.05, 3.63) is 35.4 Å². The number of rotatable bonds is 1. The van der Waals surface area contributed by atoms with Crippen LogP contribution in [-0.4, -0.2) is 10.7 Å². The minimum atomic E-state index is -0.701. The van der Waals surface area contributed by atoms with E-state index in [-0.39, 0.29) is 0 Å². The molecule has 0 amide bonds. The molecule has 2 rings (SSSR count). The van der Waals surface area contributed by atoms with E-state index in [0.29, 0.717) is 5.92 Å². The highest BCUT2D eigenvalue weighted by atomic mass is 16.3. The Labute approximate surface area is 97.5 Å². The second-order valence-electron chi connectivity index (χ2n) is 4.92. The Hall–Kier alpha value is -1.26. The minimum absolute atomic E-state index is 0.522. The van der Waals surface area contributed by atoms with Crippen LogP contribution < -0.4 is 0 Å². The molecule has 1 nitrogen and oxygen atoms in total. The Morgan fingerprint density at radius 2 is 2.06 bits per heavy atom. The van der Waals surface area contributed by atoms with Crippen LogP contribution in [0, 0.1) is 11.8 Å². The molecule has 1 N–H and O–H groups in total. The van der Waals surface area contributed by atoms with Crippen molar-refractivity contribution in [2.24, 2.45) is 0 Å². The molecule has 0 unspecified atom stereocenters. The number of benzene rings is 1. The van der Waals surface area contributed by atoms with Crippen LogP contribution in [0.4, 0.5) is 0 Å². The fourth-order valence-corrected chi connectivity index (χ4v) is 1.80. The first kappa shape index (κ1) is 11.2. The standard InChI is InChI=1S/C15H18O/c1-12(2)14-6-3-5-13(11-14)7-10-15(16)8-4-9-15/h3,5-6,11-12,16H,4,8-9H2,1-2H3. The lowest BCUT2D eigenvalue weighted by Gasteiger charge is -2.30. The Morgan fingerprint density at radius 1 is 1.31 bits per heavy atom. The number of hydrogen-bond acceptors (Lipinski definition) is 1. The molecule has 0 saturated heterocycles. The molecule has 1 saturated carbocycles. The monoisotopic (exact) mass is 214 g/mol. The van der Waals surface area contributed by atoms with E-state index in [0.717, 1.165) is 24.8 Å². The molecule has 0 atom stereocenters. The molecule has 1 aliphatic carbocycles. The van der Waals surface area contributed by atoms with Crippen molar-refractivity contribution in [1.29, 1.82) is 0 Å². The fraction of sp³-hybridized carbons (Fsp3) is 0.467. The molecule has 1 fully saturated rings. The van der Waals surface area contributed by atoms with Crippen LogP contribution in [0.15, 0.2) is 24.3 Å². The Bertz CT molecular complexity index is 430. The van der Waals surface area contributed by atoms with Crippen LogP contribution >= 0.6 is 0 Å². The van der Waals surface area contributed by atoms with Crippen LogP contribution in [0.25, 0.3) is 0 Å². The highest BCUT2D eigenvalue weighted by molar-refractivity contribution is 5.40. The number of hydrogen-bond donors (Lipinski definition) is 1. The fourth-order valence-electron chi connectivity index (χ4n) is 1.80. The molecule has 1 aromatic rings. The lowest BCUT2D eigenvalue weighted by atomic mass is 9.81. The molecular weight excluding hydrogens is 196 g/mol. The van der Waals surface area contributed by atoms with Gasteiger partial charge in [-0.05, 0) is 42.9 Å². The first-order chi connectivity index (χ1) is 7.59. The zero-order valence-electron chi connectivity index (χ0n) is 9.96. The maximum absolute atomic E-state index is 9.88. The van der Waals surface area contributed by atoms with Gasteiger partial charge in [-0.25, -0.2) is 0 Å². The van der Waals surface area contributed by atoms with Crippen LogP contribution in [0.3, 0.4) is 0 Å². The van der Waals surface area contributed by atoms with Crippen molar-refractivity contribution in [3.63, 3.8) is 0 Å². The zero-order chi connectivity index (χ0) is 11.6. The highest BCUT2D eigenvalue weighted by Gasteiger charge is 2.31. The van der Waals surface area contributed by atoms with Gasteiger partial charge in [-0.3, -0.25) is 0 Å². The lowest BCUT2D eigenvalue weighted by Crippen LogP contribution is -2.34. The maximum atomic E-state index is 9.88. The number of aliphatic hydroxyl groups is 1. The van der Waals surface area contributed by atoms with E-state index in [4.69, 9.17) is 0 Å². The highest BCUT2D eigenvalue weighted by Crippen LogP contribution is 2.30. The third-order valence-corrected chi connectivity index (χ3v) is 3.17. The van der Waals surface area contributed by atoms with Gasteiger partial charge in [0.2, 0.25) is 0 Å². The van der Waals surface area contributed by atoms with Crippen LogP contribution in [0.5, 0.6) is 0 Å². The second kappa shape index (κ2) is 4.31. The molecule has 0 heterocycles. The summed E-state index contributed by atoms with van der Waals surface area (Å²) >= 11 is 0. The molecular formula is C15H18O. The maximum Gasteiger partial charge on any atom is 0.125 e. The van der Waals surface area contributed by atoms with Crippen molar-refractivity contribution < 1.29 is 5.11 Å². The molecule has 0 aliphatic heterocycles. The summed E-state index contributed by atoms with van der Waals surface area (Å²) in [5.74, 6) is 6.59. The van der Waals surface area contributed by atoms with Gasteiger partial charge >= 0.3 is 0 Å². The SMILES string of the molecule is CC(C)c1cccc(C#CC2(O)CCC2)c1. The minimum Gasteiger partial charge on any atom is -0.378 e. The van der Waals surface area contributed by atoms with Gasteiger partial charge < -0.3 is 5.11 Å². The van der Waals surface area contributed by atoms with E-state index < -0.39 is 5.60 Å². The lowest BCUT2D eigenvalue weighted by molar-refractivity contribution is 0.0240. The van der Waals surface area contributed by atoms with E-state index in [9.17, 15) is 5.11 Å². The van der Waals surface area contributed by atoms with Gasteiger partial charge in [-0.15, -0.1) is 0 Å². The predicted octanol–water partition coefficient (Wildman–Crippen LogP) is 3.08. The van der Waals surface area contributed by atoms with E-state index in [1.807, 2.05) is 12.1 Å². The van der Waals surface area contributed by atoms with Gasteiger partial charge in [0.05, 0.1) is 0 Å². The van der Waals surface area contributed by atoms with Gasteiger partial charge in [0.25, 0.3) is 0 Å². The third-order valence-electron chi connectivity index (χ3n) is 3.17. The summed E-state index contributed by atoms with van der Waals surface area (Å²) in [5, 5.41) is 9.88. The van der Waals surface area contributed by atoms with Crippen molar-refractivity contribution in [1.82, 2.24) is 0 Å². The van der Waals surface area contributed by atoms with E-state index >= 15 is 0 Å². The predicted molar refractivity (Wildman–Crippen MR) is 66.2 cm³/mol. The Morgan fingerprint density at radius 3 is 2.62 bits per heavy atom. The Kier molecular flexibility index (Phi) is 3.03. The van der Waals surface area contributed by atoms with Gasteiger partial charge in [0, 0.05) is 5.56 Å². The first-order valence-corrected chi connectivity index (χ1v) is 5.95. The zero-order valence-corrected chi connectivity index (χ0v) is 9.96. The summed E-state index contributed by atoms with van der Waals surface area (Å²) < 4.78 is 0. The summed E-state index contributed by atoms with van der Waals surface area (Å²) in [6, 6.07) is 8.26. The topological polar surface area (TPSA) is 20.2 Å². The van der Waals surface area contributed by atoms with Gasteiger partial charge in [-0.2, -0.15) is 0 Å². The summed E-state index contributed by atoms with van der Waals surface area (Å²) in [6.07, 6.45) is 2.74. The van der Waals surface area contributed by atoms with Crippen molar-refractivity contribution in [2.75, 3.05) is 0 Å². The van der Waals surface area contributed by atoms with Crippen LogP contribution in [0.1, 0.15) is 50.2 Å². The van der Waals surface area contributed by atoms with Gasteiger partial charge in [-0.1, -0.05) is 37.8 Å². The molecule has 1 aromatic carbocycles. The summed E-state index contributed by atoms with van der Waals surface area (Å²) in [6.45, 7) is 4.35. The summed E-state index contributed by atoms with van der Waals surface area (Å²) in [5.41, 5.74) is 1.60. The molecule has 0 spiro atoms. The average Bonchev–Trinajstić information content (AvgIpc) is 2.24. The Balaban J connectivity index is 2.18. The van der Waals surface area contributed by atoms with Crippen molar-refractivity contribution in [2.45, 2.75) is 44.6 Å². The second-order valence-corrected chi connectivity index (χ2v) is 4.92. The van der Waals surface area contributed by atoms with E-state index in [1.165, 1.54) is 5.56 Å². The van der Waals surface area contributed by atoms with Crippen molar-refractivity contribution >= 4 is 0 Å². The largest absolute Gasteiger partial charge is 0.378 e. The van der Waals surface area contributed by atoms with Crippen LogP contribution in [0.2, 0.25) is 0 Å². The average molecular weight is 214 g/mol. The van der Waals surface area contributed by atoms with Crippen LogP contribution in [-0.2, 0) is 0 Å². The molecule has 0 radical (unpaired) electrons. The van der Waals surface area contributed by atoms with E-state index in [2.05, 4.69) is 37.8 Å². The quantitative estimate of drug-likeness (QED) is 0.712. The summed E-state index contributed by atoms with van der Waals surface area (Å²) in [4.78, 5) is 0. The van der Waals surface area contributed by atoms with Gasteiger partial charge in [0.15, 0.2) is 0 Å². The smallest absolute Gasteiger partial charge is 0.125 e. The first-order valence-electron chi connectivity index (χ1n) is 5.95. The summed E-state index contributed by atoms with van der Waals surface area (Å²) in [7, 11) is 0. The molecule has 1 heteroatoms. The van der Waals surface area contributed by atoms with E-state index in [1.54, 1.807) is 0 Å². The van der Waals surface area contributed by atoms with Crippen molar-refractivity contribution in [3.8, 4) is 11.8 Å². The normalized spacial score (nSPS) is 17.5. The van der Waals surface area contributed by atoms with Gasteiger partial charge in [0.1, 0.15) is 5.60 Å². The molecule has 16 heavy (non-hydrogen) atoms.